The summed E-state index contributed by atoms with van der Waals surface area (Å²) in [6.07, 6.45) is 1.84. The number of pyridine rings is 1. The number of benzene rings is 1. The summed E-state index contributed by atoms with van der Waals surface area (Å²) in [5, 5.41) is 4.62. The van der Waals surface area contributed by atoms with Crippen LogP contribution in [0.3, 0.4) is 0 Å². The molecule has 3 heteroatoms. The number of thiophene rings is 1. The van der Waals surface area contributed by atoms with Crippen LogP contribution in [-0.2, 0) is 0 Å². The van der Waals surface area contributed by atoms with Gasteiger partial charge in [-0.05, 0) is 56.3 Å². The van der Waals surface area contributed by atoms with Gasteiger partial charge in [0.2, 0.25) is 0 Å². The summed E-state index contributed by atoms with van der Waals surface area (Å²) >= 11 is 1.87. The van der Waals surface area contributed by atoms with Crippen LogP contribution >= 0.6 is 11.3 Å². The van der Waals surface area contributed by atoms with Crippen molar-refractivity contribution in [1.29, 1.82) is 0 Å². The number of aryl methyl sites for hydroxylation is 2. The maximum atomic E-state index is 4.38. The Bertz CT molecular complexity index is 726. The minimum Gasteiger partial charge on any atom is -0.309 e. The van der Waals surface area contributed by atoms with Crippen molar-refractivity contribution in [2.24, 2.45) is 0 Å². The van der Waals surface area contributed by atoms with Gasteiger partial charge in [0, 0.05) is 21.3 Å². The molecule has 0 aliphatic carbocycles. The van der Waals surface area contributed by atoms with Crippen molar-refractivity contribution in [1.82, 2.24) is 10.3 Å². The zero-order chi connectivity index (χ0) is 14.1. The summed E-state index contributed by atoms with van der Waals surface area (Å²) in [5.74, 6) is 0. The minimum absolute atomic E-state index is 0.247. The number of nitrogens with zero attached hydrogens (tertiary/aromatic N) is 1. The van der Waals surface area contributed by atoms with Crippen LogP contribution in [0, 0.1) is 13.8 Å². The van der Waals surface area contributed by atoms with Gasteiger partial charge in [0.15, 0.2) is 0 Å². The molecule has 0 saturated carbocycles. The third-order valence-electron chi connectivity index (χ3n) is 3.72. The molecule has 0 aliphatic rings. The number of nitrogens with one attached hydrogen (secondary N) is 1. The molecule has 2 heterocycles. The molecule has 0 radical (unpaired) electrons. The molecule has 1 atom stereocenters. The van der Waals surface area contributed by atoms with Crippen LogP contribution in [-0.4, -0.2) is 12.0 Å². The standard InChI is InChI=1S/C17H18N2S/c1-11-9-16(20-12(11)2)17(18-3)14-6-7-15-13(10-14)5-4-8-19-15/h4-10,17-18H,1-3H3. The van der Waals surface area contributed by atoms with E-state index < -0.39 is 0 Å². The highest BCUT2D eigenvalue weighted by Gasteiger charge is 2.15. The van der Waals surface area contributed by atoms with Crippen LogP contribution in [0.1, 0.15) is 26.9 Å². The van der Waals surface area contributed by atoms with Gasteiger partial charge >= 0.3 is 0 Å². The van der Waals surface area contributed by atoms with Gasteiger partial charge in [0.1, 0.15) is 0 Å². The molecule has 0 saturated heterocycles. The highest BCUT2D eigenvalue weighted by molar-refractivity contribution is 7.12. The van der Waals surface area contributed by atoms with E-state index in [1.54, 1.807) is 0 Å². The average Bonchev–Trinajstić information content (AvgIpc) is 2.79. The maximum Gasteiger partial charge on any atom is 0.0702 e. The van der Waals surface area contributed by atoms with Gasteiger partial charge < -0.3 is 5.32 Å². The van der Waals surface area contributed by atoms with E-state index in [2.05, 4.69) is 54.5 Å². The van der Waals surface area contributed by atoms with Crippen molar-refractivity contribution < 1.29 is 0 Å². The molecule has 1 unspecified atom stereocenters. The fraction of sp³-hybridized carbons (Fsp3) is 0.235. The van der Waals surface area contributed by atoms with Crippen molar-refractivity contribution >= 4 is 22.2 Å². The number of hydrogen-bond acceptors (Lipinski definition) is 3. The number of aromatic nitrogens is 1. The summed E-state index contributed by atoms with van der Waals surface area (Å²) in [7, 11) is 2.02. The van der Waals surface area contributed by atoms with Gasteiger partial charge in [-0.25, -0.2) is 0 Å². The van der Waals surface area contributed by atoms with E-state index in [0.29, 0.717) is 0 Å². The lowest BCUT2D eigenvalue weighted by molar-refractivity contribution is 0.704. The summed E-state index contributed by atoms with van der Waals surface area (Å²) in [6, 6.07) is 13.1. The van der Waals surface area contributed by atoms with E-state index in [1.807, 2.05) is 30.6 Å². The Morgan fingerprint density at radius 2 is 2.00 bits per heavy atom. The Hall–Kier alpha value is -1.71. The fourth-order valence-corrected chi connectivity index (χ4v) is 3.67. The first-order valence-electron chi connectivity index (χ1n) is 6.78. The van der Waals surface area contributed by atoms with Crippen LogP contribution in [0.25, 0.3) is 10.9 Å². The van der Waals surface area contributed by atoms with E-state index in [9.17, 15) is 0 Å². The smallest absolute Gasteiger partial charge is 0.0702 e. The second kappa shape index (κ2) is 5.35. The van der Waals surface area contributed by atoms with Gasteiger partial charge in [-0.3, -0.25) is 4.98 Å². The molecule has 2 aromatic heterocycles. The predicted octanol–water partition coefficient (Wildman–Crippen LogP) is 4.22. The molecule has 1 aromatic carbocycles. The zero-order valence-corrected chi connectivity index (χ0v) is 12.8. The number of rotatable bonds is 3. The third-order valence-corrected chi connectivity index (χ3v) is 4.94. The Labute approximate surface area is 123 Å². The molecule has 20 heavy (non-hydrogen) atoms. The SMILES string of the molecule is CNC(c1ccc2ncccc2c1)c1cc(C)c(C)s1. The highest BCUT2D eigenvalue weighted by Crippen LogP contribution is 2.31. The van der Waals surface area contributed by atoms with Gasteiger partial charge in [0.05, 0.1) is 11.6 Å². The molecule has 3 aromatic rings. The van der Waals surface area contributed by atoms with Crippen molar-refractivity contribution in [3.63, 3.8) is 0 Å². The van der Waals surface area contributed by atoms with Crippen LogP contribution < -0.4 is 5.32 Å². The Kier molecular flexibility index (Phi) is 3.55. The maximum absolute atomic E-state index is 4.38. The quantitative estimate of drug-likeness (QED) is 0.778. The zero-order valence-electron chi connectivity index (χ0n) is 12.0. The highest BCUT2D eigenvalue weighted by atomic mass is 32.1. The van der Waals surface area contributed by atoms with E-state index >= 15 is 0 Å². The fourth-order valence-electron chi connectivity index (χ4n) is 2.49. The third kappa shape index (κ3) is 2.35. The molecule has 0 aliphatic heterocycles. The number of fused-ring (bicyclic) bond motifs is 1. The molecule has 0 fully saturated rings. The van der Waals surface area contributed by atoms with E-state index in [0.717, 1.165) is 5.52 Å². The van der Waals surface area contributed by atoms with Crippen LogP contribution in [0.2, 0.25) is 0 Å². The predicted molar refractivity (Wildman–Crippen MR) is 86.4 cm³/mol. The van der Waals surface area contributed by atoms with E-state index in [1.165, 1.54) is 26.3 Å². The lowest BCUT2D eigenvalue weighted by Crippen LogP contribution is -2.16. The first-order chi connectivity index (χ1) is 9.69. The van der Waals surface area contributed by atoms with Gasteiger partial charge in [-0.1, -0.05) is 12.1 Å². The first-order valence-corrected chi connectivity index (χ1v) is 7.59. The molecular formula is C17H18N2S. The lowest BCUT2D eigenvalue weighted by atomic mass is 10.0. The average molecular weight is 282 g/mol. The summed E-state index contributed by atoms with van der Waals surface area (Å²) in [6.45, 7) is 4.35. The van der Waals surface area contributed by atoms with Gasteiger partial charge in [-0.15, -0.1) is 11.3 Å². The molecule has 0 amide bonds. The first kappa shape index (κ1) is 13.3. The monoisotopic (exact) mass is 282 g/mol. The molecule has 102 valence electrons. The molecule has 2 nitrogen and oxygen atoms in total. The lowest BCUT2D eigenvalue weighted by Gasteiger charge is -2.15. The Balaban J connectivity index is 2.06. The van der Waals surface area contributed by atoms with Crippen LogP contribution in [0.4, 0.5) is 0 Å². The Morgan fingerprint density at radius 3 is 2.70 bits per heavy atom. The van der Waals surface area contributed by atoms with Gasteiger partial charge in [0.25, 0.3) is 0 Å². The van der Waals surface area contributed by atoms with Crippen molar-refractivity contribution in [3.8, 4) is 0 Å². The van der Waals surface area contributed by atoms with Crippen molar-refractivity contribution in [2.45, 2.75) is 19.9 Å². The van der Waals surface area contributed by atoms with Crippen molar-refractivity contribution in [2.75, 3.05) is 7.05 Å². The minimum atomic E-state index is 0.247. The second-order valence-corrected chi connectivity index (χ2v) is 6.35. The molecule has 0 spiro atoms. The summed E-state index contributed by atoms with van der Waals surface area (Å²) in [5.41, 5.74) is 3.70. The Morgan fingerprint density at radius 1 is 1.15 bits per heavy atom. The molecule has 3 rings (SSSR count). The number of hydrogen-bond donors (Lipinski definition) is 1. The van der Waals surface area contributed by atoms with Crippen molar-refractivity contribution in [3.05, 3.63) is 63.5 Å². The molecular weight excluding hydrogens is 264 g/mol. The van der Waals surface area contributed by atoms with Crippen LogP contribution in [0.15, 0.2) is 42.6 Å². The van der Waals surface area contributed by atoms with E-state index in [4.69, 9.17) is 0 Å². The second-order valence-electron chi connectivity index (χ2n) is 5.07. The van der Waals surface area contributed by atoms with Crippen LogP contribution in [0.5, 0.6) is 0 Å². The normalized spacial score (nSPS) is 12.8. The van der Waals surface area contributed by atoms with E-state index in [-0.39, 0.29) is 6.04 Å². The topological polar surface area (TPSA) is 24.9 Å². The summed E-state index contributed by atoms with van der Waals surface area (Å²) < 4.78 is 0. The largest absolute Gasteiger partial charge is 0.309 e. The molecule has 0 bridgehead atoms. The van der Waals surface area contributed by atoms with Gasteiger partial charge in [-0.2, -0.15) is 0 Å². The molecule has 1 N–H and O–H groups in total. The summed E-state index contributed by atoms with van der Waals surface area (Å²) in [4.78, 5) is 7.14.